The molecule has 0 aliphatic heterocycles. The van der Waals surface area contributed by atoms with Crippen molar-refractivity contribution in [1.82, 2.24) is 10.6 Å². The molecule has 2 N–H and O–H groups in total. The molecule has 0 radical (unpaired) electrons. The Morgan fingerprint density at radius 2 is 2.18 bits per heavy atom. The zero-order valence-corrected chi connectivity index (χ0v) is 10.6. The smallest absolute Gasteiger partial charge is 0.315 e. The van der Waals surface area contributed by atoms with Crippen LogP contribution in [0.4, 0.5) is 4.79 Å². The Kier molecular flexibility index (Phi) is 5.33. The van der Waals surface area contributed by atoms with E-state index in [0.717, 1.165) is 11.3 Å². The Labute approximate surface area is 102 Å². The summed E-state index contributed by atoms with van der Waals surface area (Å²) in [4.78, 5) is 11.2. The Hall–Kier alpha value is -1.71. The van der Waals surface area contributed by atoms with Gasteiger partial charge < -0.3 is 15.4 Å². The summed E-state index contributed by atoms with van der Waals surface area (Å²) in [5, 5.41) is 5.47. The van der Waals surface area contributed by atoms with Crippen LogP contribution in [0.3, 0.4) is 0 Å². The molecule has 2 amide bonds. The van der Waals surface area contributed by atoms with E-state index in [-0.39, 0.29) is 12.1 Å². The van der Waals surface area contributed by atoms with Gasteiger partial charge in [-0.15, -0.1) is 0 Å². The maximum atomic E-state index is 11.2. The number of carbonyl (C=O) groups excluding carboxylic acids is 1. The maximum absolute atomic E-state index is 11.2. The lowest BCUT2D eigenvalue weighted by atomic mass is 10.2. The van der Waals surface area contributed by atoms with Crippen molar-refractivity contribution in [2.75, 3.05) is 13.2 Å². The van der Waals surface area contributed by atoms with E-state index in [1.54, 1.807) is 0 Å². The van der Waals surface area contributed by atoms with E-state index in [2.05, 4.69) is 10.6 Å². The molecule has 0 aromatic heterocycles. The largest absolute Gasteiger partial charge is 0.492 e. The highest BCUT2D eigenvalue weighted by molar-refractivity contribution is 5.74. The van der Waals surface area contributed by atoms with Gasteiger partial charge in [0.15, 0.2) is 0 Å². The summed E-state index contributed by atoms with van der Waals surface area (Å²) < 4.78 is 5.50. The number of ether oxygens (including phenoxy) is 1. The van der Waals surface area contributed by atoms with Crippen LogP contribution < -0.4 is 15.4 Å². The average Bonchev–Trinajstić information content (AvgIpc) is 2.23. The molecule has 1 aromatic rings. The third kappa shape index (κ3) is 5.80. The van der Waals surface area contributed by atoms with Crippen molar-refractivity contribution in [3.8, 4) is 5.75 Å². The molecule has 17 heavy (non-hydrogen) atoms. The number of hydrogen-bond donors (Lipinski definition) is 2. The van der Waals surface area contributed by atoms with Crippen LogP contribution in [0.1, 0.15) is 19.4 Å². The fraction of sp³-hybridized carbons (Fsp3) is 0.462. The van der Waals surface area contributed by atoms with Gasteiger partial charge in [-0.25, -0.2) is 4.79 Å². The molecular weight excluding hydrogens is 216 g/mol. The van der Waals surface area contributed by atoms with E-state index in [1.807, 2.05) is 45.0 Å². The first-order chi connectivity index (χ1) is 8.08. The van der Waals surface area contributed by atoms with E-state index < -0.39 is 0 Å². The summed E-state index contributed by atoms with van der Waals surface area (Å²) in [5.41, 5.74) is 1.16. The lowest BCUT2D eigenvalue weighted by Crippen LogP contribution is -2.41. The van der Waals surface area contributed by atoms with Gasteiger partial charge in [-0.05, 0) is 38.5 Å². The second-order valence-electron chi connectivity index (χ2n) is 4.22. The fourth-order valence-corrected chi connectivity index (χ4v) is 1.35. The van der Waals surface area contributed by atoms with E-state index in [1.165, 1.54) is 0 Å². The van der Waals surface area contributed by atoms with Crippen molar-refractivity contribution >= 4 is 6.03 Å². The van der Waals surface area contributed by atoms with Crippen molar-refractivity contribution in [2.45, 2.75) is 26.8 Å². The first-order valence-corrected chi connectivity index (χ1v) is 5.82. The zero-order chi connectivity index (χ0) is 12.7. The van der Waals surface area contributed by atoms with Crippen molar-refractivity contribution in [3.05, 3.63) is 29.8 Å². The summed E-state index contributed by atoms with van der Waals surface area (Å²) in [7, 11) is 0. The van der Waals surface area contributed by atoms with Crippen molar-refractivity contribution in [2.24, 2.45) is 0 Å². The normalized spacial score (nSPS) is 10.1. The number of nitrogens with one attached hydrogen (secondary N) is 2. The van der Waals surface area contributed by atoms with E-state index in [0.29, 0.717) is 13.2 Å². The molecule has 0 saturated carbocycles. The summed E-state index contributed by atoms with van der Waals surface area (Å²) in [5.74, 6) is 0.830. The summed E-state index contributed by atoms with van der Waals surface area (Å²) in [6.07, 6.45) is 0. The molecule has 94 valence electrons. The molecule has 0 aliphatic carbocycles. The number of aryl methyl sites for hydroxylation is 1. The molecule has 0 unspecified atom stereocenters. The van der Waals surface area contributed by atoms with Gasteiger partial charge >= 0.3 is 6.03 Å². The SMILES string of the molecule is Cc1cccc(OCCNC(=O)NC(C)C)c1. The highest BCUT2D eigenvalue weighted by Gasteiger charge is 2.01. The topological polar surface area (TPSA) is 50.4 Å². The highest BCUT2D eigenvalue weighted by Crippen LogP contribution is 2.11. The Morgan fingerprint density at radius 3 is 2.82 bits per heavy atom. The van der Waals surface area contributed by atoms with E-state index >= 15 is 0 Å². The highest BCUT2D eigenvalue weighted by atomic mass is 16.5. The van der Waals surface area contributed by atoms with Gasteiger partial charge in [0.1, 0.15) is 12.4 Å². The molecule has 4 heteroatoms. The minimum atomic E-state index is -0.159. The number of hydrogen-bond acceptors (Lipinski definition) is 2. The lowest BCUT2D eigenvalue weighted by Gasteiger charge is -2.11. The van der Waals surface area contributed by atoms with Crippen LogP contribution in [0.25, 0.3) is 0 Å². The molecule has 0 atom stereocenters. The molecule has 0 bridgehead atoms. The van der Waals surface area contributed by atoms with Gasteiger partial charge in [0.05, 0.1) is 6.54 Å². The number of benzene rings is 1. The molecule has 1 aromatic carbocycles. The predicted octanol–water partition coefficient (Wildman–Crippen LogP) is 2.08. The molecule has 1 rings (SSSR count). The molecular formula is C13H20N2O2. The molecule has 0 spiro atoms. The van der Waals surface area contributed by atoms with Gasteiger partial charge in [0, 0.05) is 6.04 Å². The quantitative estimate of drug-likeness (QED) is 0.769. The minimum absolute atomic E-state index is 0.146. The standard InChI is InChI=1S/C13H20N2O2/c1-10(2)15-13(16)14-7-8-17-12-6-4-5-11(3)9-12/h4-6,9-10H,7-8H2,1-3H3,(H2,14,15,16). The van der Waals surface area contributed by atoms with Crippen LogP contribution in [0.2, 0.25) is 0 Å². The zero-order valence-electron chi connectivity index (χ0n) is 10.6. The van der Waals surface area contributed by atoms with Crippen LogP contribution in [0.15, 0.2) is 24.3 Å². The number of rotatable bonds is 5. The monoisotopic (exact) mass is 236 g/mol. The molecule has 0 aliphatic rings. The number of amides is 2. The second-order valence-corrected chi connectivity index (χ2v) is 4.22. The van der Waals surface area contributed by atoms with Crippen LogP contribution in [0, 0.1) is 6.92 Å². The van der Waals surface area contributed by atoms with Crippen molar-refractivity contribution in [3.63, 3.8) is 0 Å². The third-order valence-corrected chi connectivity index (χ3v) is 2.07. The van der Waals surface area contributed by atoms with Gasteiger partial charge in [-0.3, -0.25) is 0 Å². The van der Waals surface area contributed by atoms with Gasteiger partial charge in [-0.2, -0.15) is 0 Å². The summed E-state index contributed by atoms with van der Waals surface area (Å²) in [6, 6.07) is 7.82. The van der Waals surface area contributed by atoms with E-state index in [4.69, 9.17) is 4.74 Å². The van der Waals surface area contributed by atoms with Crippen molar-refractivity contribution < 1.29 is 9.53 Å². The molecule has 0 saturated heterocycles. The van der Waals surface area contributed by atoms with Crippen LogP contribution >= 0.6 is 0 Å². The average molecular weight is 236 g/mol. The number of carbonyl (C=O) groups is 1. The Bertz CT molecular complexity index is 364. The summed E-state index contributed by atoms with van der Waals surface area (Å²) >= 11 is 0. The molecule has 4 nitrogen and oxygen atoms in total. The first kappa shape index (κ1) is 13.4. The van der Waals surface area contributed by atoms with Gasteiger partial charge in [0.25, 0.3) is 0 Å². The van der Waals surface area contributed by atoms with Crippen molar-refractivity contribution in [1.29, 1.82) is 0 Å². The second kappa shape index (κ2) is 6.78. The predicted molar refractivity (Wildman–Crippen MR) is 68.3 cm³/mol. The Balaban J connectivity index is 2.18. The first-order valence-electron chi connectivity index (χ1n) is 5.82. The summed E-state index contributed by atoms with van der Waals surface area (Å²) in [6.45, 7) is 6.81. The van der Waals surface area contributed by atoms with Crippen LogP contribution in [0.5, 0.6) is 5.75 Å². The van der Waals surface area contributed by atoms with Crippen LogP contribution in [-0.2, 0) is 0 Å². The lowest BCUT2D eigenvalue weighted by molar-refractivity contribution is 0.234. The minimum Gasteiger partial charge on any atom is -0.492 e. The van der Waals surface area contributed by atoms with Gasteiger partial charge in [-0.1, -0.05) is 12.1 Å². The van der Waals surface area contributed by atoms with E-state index in [9.17, 15) is 4.79 Å². The van der Waals surface area contributed by atoms with Crippen LogP contribution in [-0.4, -0.2) is 25.2 Å². The number of urea groups is 1. The molecule has 0 heterocycles. The third-order valence-electron chi connectivity index (χ3n) is 2.07. The van der Waals surface area contributed by atoms with Gasteiger partial charge in [0.2, 0.25) is 0 Å². The maximum Gasteiger partial charge on any atom is 0.315 e. The Morgan fingerprint density at radius 1 is 1.41 bits per heavy atom. The molecule has 0 fully saturated rings. The fourth-order valence-electron chi connectivity index (χ4n) is 1.35.